The van der Waals surface area contributed by atoms with Crippen LogP contribution in [0.15, 0.2) is 59.5 Å². The standard InChI is InChI=1S/C15H13FO4S/c16-12-7-4-8-13(9-12)21(19,20)10-14(15(17)18)11-5-2-1-3-6-11/h1-9,14H,10H2,(H,17,18). The Morgan fingerprint density at radius 2 is 1.76 bits per heavy atom. The third kappa shape index (κ3) is 3.66. The molecular formula is C15H13FO4S. The Labute approximate surface area is 121 Å². The number of benzene rings is 2. The number of hydrogen-bond acceptors (Lipinski definition) is 3. The summed E-state index contributed by atoms with van der Waals surface area (Å²) in [7, 11) is -3.90. The third-order valence-electron chi connectivity index (χ3n) is 3.04. The smallest absolute Gasteiger partial charge is 0.312 e. The van der Waals surface area contributed by atoms with Gasteiger partial charge in [0, 0.05) is 0 Å². The van der Waals surface area contributed by atoms with Gasteiger partial charge in [0.05, 0.1) is 16.6 Å². The molecule has 0 bridgehead atoms. The van der Waals surface area contributed by atoms with Gasteiger partial charge in [0.2, 0.25) is 0 Å². The van der Waals surface area contributed by atoms with Crippen LogP contribution in [0.25, 0.3) is 0 Å². The van der Waals surface area contributed by atoms with Crippen LogP contribution in [0.5, 0.6) is 0 Å². The Balaban J connectivity index is 2.35. The summed E-state index contributed by atoms with van der Waals surface area (Å²) in [6.07, 6.45) is 0. The van der Waals surface area contributed by atoms with Crippen LogP contribution >= 0.6 is 0 Å². The monoisotopic (exact) mass is 308 g/mol. The number of hydrogen-bond donors (Lipinski definition) is 1. The first kappa shape index (κ1) is 15.2. The zero-order valence-corrected chi connectivity index (χ0v) is 11.8. The van der Waals surface area contributed by atoms with E-state index in [-0.39, 0.29) is 4.90 Å². The van der Waals surface area contributed by atoms with Gasteiger partial charge in [0.1, 0.15) is 5.82 Å². The van der Waals surface area contributed by atoms with Crippen LogP contribution in [0.3, 0.4) is 0 Å². The molecular weight excluding hydrogens is 295 g/mol. The Bertz CT molecular complexity index is 741. The van der Waals surface area contributed by atoms with Gasteiger partial charge in [-0.25, -0.2) is 12.8 Å². The Kier molecular flexibility index (Phi) is 4.37. The molecule has 0 amide bonds. The van der Waals surface area contributed by atoms with E-state index in [9.17, 15) is 22.7 Å². The van der Waals surface area contributed by atoms with Gasteiger partial charge in [-0.1, -0.05) is 36.4 Å². The minimum Gasteiger partial charge on any atom is -0.481 e. The summed E-state index contributed by atoms with van der Waals surface area (Å²) in [5, 5.41) is 9.25. The van der Waals surface area contributed by atoms with E-state index in [0.717, 1.165) is 12.1 Å². The van der Waals surface area contributed by atoms with Gasteiger partial charge in [0.25, 0.3) is 0 Å². The number of aliphatic carboxylic acids is 1. The highest BCUT2D eigenvalue weighted by molar-refractivity contribution is 7.91. The summed E-state index contributed by atoms with van der Waals surface area (Å²) in [4.78, 5) is 11.1. The number of rotatable bonds is 5. The number of sulfone groups is 1. The van der Waals surface area contributed by atoms with Gasteiger partial charge >= 0.3 is 5.97 Å². The van der Waals surface area contributed by atoms with Crippen LogP contribution in [0.1, 0.15) is 11.5 Å². The molecule has 0 aliphatic rings. The van der Waals surface area contributed by atoms with E-state index in [1.165, 1.54) is 12.1 Å². The average molecular weight is 308 g/mol. The van der Waals surface area contributed by atoms with E-state index >= 15 is 0 Å². The number of carbonyl (C=O) groups is 1. The lowest BCUT2D eigenvalue weighted by molar-refractivity contribution is -0.138. The van der Waals surface area contributed by atoms with Crippen molar-refractivity contribution in [1.29, 1.82) is 0 Å². The molecule has 4 nitrogen and oxygen atoms in total. The van der Waals surface area contributed by atoms with Crippen molar-refractivity contribution in [1.82, 2.24) is 0 Å². The quantitative estimate of drug-likeness (QED) is 0.921. The predicted octanol–water partition coefficient (Wildman–Crippen LogP) is 2.47. The van der Waals surface area contributed by atoms with Gasteiger partial charge < -0.3 is 5.11 Å². The van der Waals surface area contributed by atoms with E-state index in [1.807, 2.05) is 0 Å². The summed E-state index contributed by atoms with van der Waals surface area (Å²) in [5.74, 6) is -3.72. The summed E-state index contributed by atoms with van der Waals surface area (Å²) < 4.78 is 37.6. The fraction of sp³-hybridized carbons (Fsp3) is 0.133. The first-order chi connectivity index (χ1) is 9.90. The maximum atomic E-state index is 13.1. The molecule has 0 saturated heterocycles. The van der Waals surface area contributed by atoms with E-state index in [0.29, 0.717) is 5.56 Å². The highest BCUT2D eigenvalue weighted by Crippen LogP contribution is 2.22. The summed E-state index contributed by atoms with van der Waals surface area (Å²) in [5.41, 5.74) is 0.393. The maximum Gasteiger partial charge on any atom is 0.312 e. The second kappa shape index (κ2) is 6.05. The second-order valence-corrected chi connectivity index (χ2v) is 6.57. The van der Waals surface area contributed by atoms with E-state index in [1.54, 1.807) is 30.3 Å². The lowest BCUT2D eigenvalue weighted by Gasteiger charge is -2.13. The molecule has 0 spiro atoms. The van der Waals surface area contributed by atoms with Crippen molar-refractivity contribution in [3.05, 3.63) is 66.0 Å². The summed E-state index contributed by atoms with van der Waals surface area (Å²) in [6.45, 7) is 0. The highest BCUT2D eigenvalue weighted by atomic mass is 32.2. The van der Waals surface area contributed by atoms with Gasteiger partial charge in [-0.15, -0.1) is 0 Å². The van der Waals surface area contributed by atoms with Crippen LogP contribution in [-0.4, -0.2) is 25.2 Å². The van der Waals surface area contributed by atoms with Gasteiger partial charge in [-0.2, -0.15) is 0 Å². The molecule has 21 heavy (non-hydrogen) atoms. The normalized spacial score (nSPS) is 12.8. The molecule has 1 N–H and O–H groups in total. The minimum absolute atomic E-state index is 0.218. The molecule has 110 valence electrons. The zero-order valence-electron chi connectivity index (χ0n) is 10.9. The highest BCUT2D eigenvalue weighted by Gasteiger charge is 2.28. The predicted molar refractivity (Wildman–Crippen MR) is 75.3 cm³/mol. The lowest BCUT2D eigenvalue weighted by atomic mass is 10.0. The van der Waals surface area contributed by atoms with Gasteiger partial charge in [-0.05, 0) is 23.8 Å². The van der Waals surface area contributed by atoms with Crippen LogP contribution in [0, 0.1) is 5.82 Å². The van der Waals surface area contributed by atoms with Crippen molar-refractivity contribution in [3.8, 4) is 0 Å². The molecule has 0 aromatic heterocycles. The molecule has 0 aliphatic carbocycles. The molecule has 0 heterocycles. The summed E-state index contributed by atoms with van der Waals surface area (Å²) in [6, 6.07) is 12.6. The van der Waals surface area contributed by atoms with Gasteiger partial charge in [-0.3, -0.25) is 4.79 Å². The Morgan fingerprint density at radius 1 is 1.10 bits per heavy atom. The first-order valence-corrected chi connectivity index (χ1v) is 7.81. The van der Waals surface area contributed by atoms with Crippen molar-refractivity contribution < 1.29 is 22.7 Å². The van der Waals surface area contributed by atoms with E-state index < -0.39 is 33.3 Å². The molecule has 2 aromatic carbocycles. The SMILES string of the molecule is O=C(O)C(CS(=O)(=O)c1cccc(F)c1)c1ccccc1. The number of halogens is 1. The van der Waals surface area contributed by atoms with Crippen LogP contribution in [0.4, 0.5) is 4.39 Å². The van der Waals surface area contributed by atoms with E-state index in [4.69, 9.17) is 0 Å². The minimum atomic E-state index is -3.90. The molecule has 0 saturated carbocycles. The van der Waals surface area contributed by atoms with Crippen molar-refractivity contribution >= 4 is 15.8 Å². The van der Waals surface area contributed by atoms with Crippen molar-refractivity contribution in [2.75, 3.05) is 5.75 Å². The lowest BCUT2D eigenvalue weighted by Crippen LogP contribution is -2.22. The molecule has 1 atom stereocenters. The first-order valence-electron chi connectivity index (χ1n) is 6.16. The molecule has 0 fully saturated rings. The van der Waals surface area contributed by atoms with Gasteiger partial charge in [0.15, 0.2) is 9.84 Å². The molecule has 2 rings (SSSR count). The summed E-state index contributed by atoms with van der Waals surface area (Å²) >= 11 is 0. The van der Waals surface area contributed by atoms with Crippen molar-refractivity contribution in [3.63, 3.8) is 0 Å². The Hall–Kier alpha value is -2.21. The molecule has 6 heteroatoms. The third-order valence-corrected chi connectivity index (χ3v) is 4.79. The fourth-order valence-electron chi connectivity index (χ4n) is 1.97. The van der Waals surface area contributed by atoms with E-state index in [2.05, 4.69) is 0 Å². The average Bonchev–Trinajstić information content (AvgIpc) is 2.45. The van der Waals surface area contributed by atoms with Crippen LogP contribution in [0.2, 0.25) is 0 Å². The van der Waals surface area contributed by atoms with Crippen LogP contribution < -0.4 is 0 Å². The second-order valence-electron chi connectivity index (χ2n) is 4.54. The van der Waals surface area contributed by atoms with Crippen molar-refractivity contribution in [2.24, 2.45) is 0 Å². The maximum absolute atomic E-state index is 13.1. The largest absolute Gasteiger partial charge is 0.481 e. The Morgan fingerprint density at radius 3 is 2.33 bits per heavy atom. The van der Waals surface area contributed by atoms with Crippen LogP contribution in [-0.2, 0) is 14.6 Å². The fourth-order valence-corrected chi connectivity index (χ4v) is 3.52. The molecule has 0 aliphatic heterocycles. The molecule has 1 unspecified atom stereocenters. The number of carboxylic acid groups (broad SMARTS) is 1. The molecule has 0 radical (unpaired) electrons. The molecule has 2 aromatic rings. The topological polar surface area (TPSA) is 71.4 Å². The number of carboxylic acids is 1. The van der Waals surface area contributed by atoms with Crippen molar-refractivity contribution in [2.45, 2.75) is 10.8 Å². The zero-order chi connectivity index (χ0) is 15.5.